The van der Waals surface area contributed by atoms with Gasteiger partial charge < -0.3 is 10.1 Å². The number of rotatable bonds is 4. The second-order valence-electron chi connectivity index (χ2n) is 3.78. The van der Waals surface area contributed by atoms with Crippen molar-refractivity contribution in [2.75, 3.05) is 19.0 Å². The number of hydrogen-bond donors (Lipinski definition) is 1. The lowest BCUT2D eigenvalue weighted by Gasteiger charge is -2.09. The fourth-order valence-electron chi connectivity index (χ4n) is 1.74. The Kier molecular flexibility index (Phi) is 3.77. The second-order valence-corrected chi connectivity index (χ2v) is 3.78. The number of hydrogen-bond acceptors (Lipinski definition) is 3. The SMILES string of the molecule is CCNc1cccc(-c2cc(F)ccc2OC)n1. The Bertz CT molecular complexity index is 543. The van der Waals surface area contributed by atoms with Crippen molar-refractivity contribution in [2.24, 2.45) is 0 Å². The third kappa shape index (κ3) is 2.59. The van der Waals surface area contributed by atoms with Crippen molar-refractivity contribution in [3.63, 3.8) is 0 Å². The monoisotopic (exact) mass is 246 g/mol. The molecule has 0 atom stereocenters. The first-order valence-corrected chi connectivity index (χ1v) is 5.79. The highest BCUT2D eigenvalue weighted by Gasteiger charge is 2.09. The van der Waals surface area contributed by atoms with E-state index in [1.807, 2.05) is 25.1 Å². The van der Waals surface area contributed by atoms with Gasteiger partial charge in [0.1, 0.15) is 17.4 Å². The van der Waals surface area contributed by atoms with Gasteiger partial charge in [-0.3, -0.25) is 0 Å². The Morgan fingerprint density at radius 2 is 2.11 bits per heavy atom. The lowest BCUT2D eigenvalue weighted by atomic mass is 10.1. The van der Waals surface area contributed by atoms with Crippen LogP contribution in [0.5, 0.6) is 5.75 Å². The molecule has 0 saturated heterocycles. The molecule has 0 bridgehead atoms. The highest BCUT2D eigenvalue weighted by atomic mass is 19.1. The van der Waals surface area contributed by atoms with Crippen molar-refractivity contribution in [2.45, 2.75) is 6.92 Å². The zero-order valence-electron chi connectivity index (χ0n) is 10.4. The van der Waals surface area contributed by atoms with Crippen LogP contribution in [-0.4, -0.2) is 18.6 Å². The van der Waals surface area contributed by atoms with E-state index in [4.69, 9.17) is 4.74 Å². The average molecular weight is 246 g/mol. The van der Waals surface area contributed by atoms with Gasteiger partial charge in [0.15, 0.2) is 0 Å². The van der Waals surface area contributed by atoms with Crippen molar-refractivity contribution in [1.29, 1.82) is 0 Å². The molecular weight excluding hydrogens is 231 g/mol. The molecule has 0 aliphatic carbocycles. The van der Waals surface area contributed by atoms with Gasteiger partial charge in [-0.15, -0.1) is 0 Å². The van der Waals surface area contributed by atoms with Gasteiger partial charge in [0.05, 0.1) is 12.8 Å². The molecule has 1 N–H and O–H groups in total. The van der Waals surface area contributed by atoms with Crippen LogP contribution < -0.4 is 10.1 Å². The zero-order valence-corrected chi connectivity index (χ0v) is 10.4. The molecule has 2 aromatic rings. The molecule has 0 spiro atoms. The summed E-state index contributed by atoms with van der Waals surface area (Å²) in [5.41, 5.74) is 1.34. The van der Waals surface area contributed by atoms with E-state index >= 15 is 0 Å². The summed E-state index contributed by atoms with van der Waals surface area (Å²) in [6, 6.07) is 9.99. The topological polar surface area (TPSA) is 34.1 Å². The van der Waals surface area contributed by atoms with Crippen LogP contribution in [0.3, 0.4) is 0 Å². The molecule has 0 amide bonds. The molecule has 0 radical (unpaired) electrons. The van der Waals surface area contributed by atoms with E-state index < -0.39 is 0 Å². The Labute approximate surface area is 106 Å². The van der Waals surface area contributed by atoms with E-state index in [-0.39, 0.29) is 5.82 Å². The summed E-state index contributed by atoms with van der Waals surface area (Å²) in [5.74, 6) is 1.07. The van der Waals surface area contributed by atoms with Gasteiger partial charge in [-0.2, -0.15) is 0 Å². The summed E-state index contributed by atoms with van der Waals surface area (Å²) < 4.78 is 18.5. The van der Waals surface area contributed by atoms with Gasteiger partial charge in [0, 0.05) is 12.1 Å². The standard InChI is InChI=1S/C14H15FN2O/c1-3-16-14-6-4-5-12(17-14)11-9-10(15)7-8-13(11)18-2/h4-9H,3H2,1-2H3,(H,16,17). The molecule has 2 rings (SSSR count). The number of aromatic nitrogens is 1. The molecule has 0 unspecified atom stereocenters. The molecule has 1 aromatic carbocycles. The first kappa shape index (κ1) is 12.4. The number of halogens is 1. The Morgan fingerprint density at radius 1 is 1.28 bits per heavy atom. The van der Waals surface area contributed by atoms with Gasteiger partial charge in [0.2, 0.25) is 0 Å². The quantitative estimate of drug-likeness (QED) is 0.898. The van der Waals surface area contributed by atoms with Gasteiger partial charge >= 0.3 is 0 Å². The van der Waals surface area contributed by atoms with Crippen LogP contribution in [0.1, 0.15) is 6.92 Å². The van der Waals surface area contributed by atoms with E-state index in [0.717, 1.165) is 12.4 Å². The molecule has 0 fully saturated rings. The maximum Gasteiger partial charge on any atom is 0.128 e. The number of nitrogens with one attached hydrogen (secondary N) is 1. The highest BCUT2D eigenvalue weighted by Crippen LogP contribution is 2.29. The number of nitrogens with zero attached hydrogens (tertiary/aromatic N) is 1. The van der Waals surface area contributed by atoms with Crippen LogP contribution in [0, 0.1) is 5.82 Å². The van der Waals surface area contributed by atoms with Crippen LogP contribution in [0.15, 0.2) is 36.4 Å². The van der Waals surface area contributed by atoms with Gasteiger partial charge in [-0.05, 0) is 37.3 Å². The molecule has 0 saturated carbocycles. The molecule has 18 heavy (non-hydrogen) atoms. The summed E-state index contributed by atoms with van der Waals surface area (Å²) in [5, 5.41) is 3.12. The number of pyridine rings is 1. The number of ether oxygens (including phenoxy) is 1. The van der Waals surface area contributed by atoms with E-state index in [1.165, 1.54) is 12.1 Å². The molecule has 3 nitrogen and oxygen atoms in total. The van der Waals surface area contributed by atoms with Crippen molar-refractivity contribution < 1.29 is 9.13 Å². The van der Waals surface area contributed by atoms with Crippen LogP contribution in [0.2, 0.25) is 0 Å². The van der Waals surface area contributed by atoms with Crippen molar-refractivity contribution in [1.82, 2.24) is 4.98 Å². The van der Waals surface area contributed by atoms with E-state index in [2.05, 4.69) is 10.3 Å². The third-order valence-corrected chi connectivity index (χ3v) is 2.54. The minimum atomic E-state index is -0.304. The van der Waals surface area contributed by atoms with Gasteiger partial charge in [-0.1, -0.05) is 6.07 Å². The summed E-state index contributed by atoms with van der Waals surface area (Å²) in [4.78, 5) is 4.42. The predicted molar refractivity (Wildman–Crippen MR) is 70.3 cm³/mol. The summed E-state index contributed by atoms with van der Waals surface area (Å²) in [6.07, 6.45) is 0. The fourth-order valence-corrected chi connectivity index (χ4v) is 1.74. The molecule has 4 heteroatoms. The van der Waals surface area contributed by atoms with Crippen molar-refractivity contribution >= 4 is 5.82 Å². The van der Waals surface area contributed by atoms with Crippen LogP contribution in [0.4, 0.5) is 10.2 Å². The highest BCUT2D eigenvalue weighted by molar-refractivity contribution is 5.68. The molecule has 94 valence electrons. The summed E-state index contributed by atoms with van der Waals surface area (Å²) >= 11 is 0. The minimum absolute atomic E-state index is 0.304. The maximum atomic E-state index is 13.3. The van der Waals surface area contributed by atoms with E-state index in [0.29, 0.717) is 17.0 Å². The van der Waals surface area contributed by atoms with Crippen LogP contribution in [0.25, 0.3) is 11.3 Å². The first-order chi connectivity index (χ1) is 8.74. The predicted octanol–water partition coefficient (Wildman–Crippen LogP) is 3.33. The first-order valence-electron chi connectivity index (χ1n) is 5.79. The molecule has 1 heterocycles. The van der Waals surface area contributed by atoms with Gasteiger partial charge in [-0.25, -0.2) is 9.37 Å². The lowest BCUT2D eigenvalue weighted by molar-refractivity contribution is 0.415. The van der Waals surface area contributed by atoms with Crippen molar-refractivity contribution in [3.8, 4) is 17.0 Å². The summed E-state index contributed by atoms with van der Waals surface area (Å²) in [6.45, 7) is 2.79. The summed E-state index contributed by atoms with van der Waals surface area (Å²) in [7, 11) is 1.56. The number of methoxy groups -OCH3 is 1. The zero-order chi connectivity index (χ0) is 13.0. The normalized spacial score (nSPS) is 10.2. The Hall–Kier alpha value is -2.10. The van der Waals surface area contributed by atoms with E-state index in [1.54, 1.807) is 13.2 Å². The smallest absolute Gasteiger partial charge is 0.128 e. The lowest BCUT2D eigenvalue weighted by Crippen LogP contribution is -2.00. The molecule has 1 aromatic heterocycles. The van der Waals surface area contributed by atoms with Crippen molar-refractivity contribution in [3.05, 3.63) is 42.2 Å². The average Bonchev–Trinajstić information content (AvgIpc) is 2.39. The van der Waals surface area contributed by atoms with Gasteiger partial charge in [0.25, 0.3) is 0 Å². The largest absolute Gasteiger partial charge is 0.496 e. The van der Waals surface area contributed by atoms with Crippen LogP contribution in [-0.2, 0) is 0 Å². The third-order valence-electron chi connectivity index (χ3n) is 2.54. The minimum Gasteiger partial charge on any atom is -0.496 e. The second kappa shape index (κ2) is 5.49. The number of benzene rings is 1. The molecule has 0 aliphatic rings. The Morgan fingerprint density at radius 3 is 2.83 bits per heavy atom. The van der Waals surface area contributed by atoms with E-state index in [9.17, 15) is 4.39 Å². The maximum absolute atomic E-state index is 13.3. The fraction of sp³-hybridized carbons (Fsp3) is 0.214. The Balaban J connectivity index is 2.47. The molecule has 0 aliphatic heterocycles. The molecular formula is C14H15FN2O. The van der Waals surface area contributed by atoms with Crippen LogP contribution >= 0.6 is 0 Å². The number of anilines is 1.